The SMILES string of the molecule is CCCCOC(=O)/C=C/c1cccc(Cl)c1Cl. The van der Waals surface area contributed by atoms with E-state index in [-0.39, 0.29) is 5.97 Å². The van der Waals surface area contributed by atoms with E-state index in [1.54, 1.807) is 24.3 Å². The van der Waals surface area contributed by atoms with Crippen molar-refractivity contribution in [2.75, 3.05) is 6.61 Å². The molecule has 1 aromatic rings. The zero-order valence-electron chi connectivity index (χ0n) is 9.58. The molecule has 92 valence electrons. The molecule has 4 heteroatoms. The van der Waals surface area contributed by atoms with Crippen LogP contribution in [-0.2, 0) is 9.53 Å². The van der Waals surface area contributed by atoms with Gasteiger partial charge in [-0.15, -0.1) is 0 Å². The van der Waals surface area contributed by atoms with Gasteiger partial charge < -0.3 is 4.74 Å². The third kappa shape index (κ3) is 4.80. The van der Waals surface area contributed by atoms with Gasteiger partial charge in [-0.25, -0.2) is 4.79 Å². The summed E-state index contributed by atoms with van der Waals surface area (Å²) < 4.78 is 4.97. The van der Waals surface area contributed by atoms with Gasteiger partial charge in [-0.3, -0.25) is 0 Å². The second-order valence-electron chi connectivity index (χ2n) is 3.50. The molecule has 0 aliphatic carbocycles. The van der Waals surface area contributed by atoms with E-state index >= 15 is 0 Å². The van der Waals surface area contributed by atoms with E-state index in [0.29, 0.717) is 22.2 Å². The predicted molar refractivity (Wildman–Crippen MR) is 71.4 cm³/mol. The van der Waals surface area contributed by atoms with Crippen molar-refractivity contribution >= 4 is 35.2 Å². The molecule has 0 aromatic heterocycles. The van der Waals surface area contributed by atoms with Gasteiger partial charge in [-0.05, 0) is 24.1 Å². The fourth-order valence-electron chi connectivity index (χ4n) is 1.17. The van der Waals surface area contributed by atoms with Crippen LogP contribution in [0.2, 0.25) is 10.0 Å². The van der Waals surface area contributed by atoms with Crippen LogP contribution in [0.3, 0.4) is 0 Å². The molecule has 0 saturated heterocycles. The minimum absolute atomic E-state index is 0.366. The third-order valence-electron chi connectivity index (χ3n) is 2.12. The first-order valence-corrected chi connectivity index (χ1v) is 6.19. The van der Waals surface area contributed by atoms with Crippen LogP contribution < -0.4 is 0 Å². The Morgan fingerprint density at radius 3 is 2.88 bits per heavy atom. The van der Waals surface area contributed by atoms with Gasteiger partial charge in [0.25, 0.3) is 0 Å². The number of rotatable bonds is 5. The number of benzene rings is 1. The lowest BCUT2D eigenvalue weighted by molar-refractivity contribution is -0.137. The molecular weight excluding hydrogens is 259 g/mol. The van der Waals surface area contributed by atoms with Crippen LogP contribution in [-0.4, -0.2) is 12.6 Å². The average Bonchev–Trinajstić information content (AvgIpc) is 2.31. The highest BCUT2D eigenvalue weighted by Crippen LogP contribution is 2.26. The summed E-state index contributed by atoms with van der Waals surface area (Å²) in [6.07, 6.45) is 4.82. The molecular formula is C13H14Cl2O2. The van der Waals surface area contributed by atoms with Crippen LogP contribution in [0.15, 0.2) is 24.3 Å². The first-order valence-electron chi connectivity index (χ1n) is 5.44. The molecule has 0 bridgehead atoms. The van der Waals surface area contributed by atoms with E-state index in [1.807, 2.05) is 6.92 Å². The quantitative estimate of drug-likeness (QED) is 0.453. The van der Waals surface area contributed by atoms with Gasteiger partial charge in [0.2, 0.25) is 0 Å². The van der Waals surface area contributed by atoms with Gasteiger partial charge >= 0.3 is 5.97 Å². The van der Waals surface area contributed by atoms with E-state index in [2.05, 4.69) is 0 Å². The van der Waals surface area contributed by atoms with Crippen molar-refractivity contribution in [1.29, 1.82) is 0 Å². The van der Waals surface area contributed by atoms with Crippen LogP contribution >= 0.6 is 23.2 Å². The summed E-state index contributed by atoms with van der Waals surface area (Å²) in [5, 5.41) is 0.903. The van der Waals surface area contributed by atoms with Crippen LogP contribution in [0.25, 0.3) is 6.08 Å². The van der Waals surface area contributed by atoms with Crippen molar-refractivity contribution in [3.8, 4) is 0 Å². The van der Waals surface area contributed by atoms with Crippen LogP contribution in [0.4, 0.5) is 0 Å². The van der Waals surface area contributed by atoms with Crippen molar-refractivity contribution in [2.45, 2.75) is 19.8 Å². The Balaban J connectivity index is 2.58. The molecule has 0 amide bonds. The summed E-state index contributed by atoms with van der Waals surface area (Å²) >= 11 is 11.8. The summed E-state index contributed by atoms with van der Waals surface area (Å²) in [5.74, 6) is -0.366. The second kappa shape index (κ2) is 7.36. The summed E-state index contributed by atoms with van der Waals surface area (Å²) in [6, 6.07) is 5.25. The molecule has 0 saturated carbocycles. The Morgan fingerprint density at radius 2 is 2.18 bits per heavy atom. The lowest BCUT2D eigenvalue weighted by atomic mass is 10.2. The Morgan fingerprint density at radius 1 is 1.41 bits per heavy atom. The van der Waals surface area contributed by atoms with Crippen LogP contribution in [0.5, 0.6) is 0 Å². The van der Waals surface area contributed by atoms with E-state index in [4.69, 9.17) is 27.9 Å². The van der Waals surface area contributed by atoms with Crippen LogP contribution in [0, 0.1) is 0 Å². The van der Waals surface area contributed by atoms with Gasteiger partial charge in [-0.1, -0.05) is 48.7 Å². The van der Waals surface area contributed by atoms with Gasteiger partial charge in [-0.2, -0.15) is 0 Å². The number of esters is 1. The molecule has 0 radical (unpaired) electrons. The zero-order valence-corrected chi connectivity index (χ0v) is 11.1. The number of hydrogen-bond acceptors (Lipinski definition) is 2. The number of hydrogen-bond donors (Lipinski definition) is 0. The maximum absolute atomic E-state index is 11.3. The maximum atomic E-state index is 11.3. The van der Waals surface area contributed by atoms with Gasteiger partial charge in [0.15, 0.2) is 0 Å². The first kappa shape index (κ1) is 14.1. The molecule has 2 nitrogen and oxygen atoms in total. The number of carbonyl (C=O) groups excluding carboxylic acids is 1. The summed E-state index contributed by atoms with van der Waals surface area (Å²) in [6.45, 7) is 2.48. The molecule has 1 rings (SSSR count). The standard InChI is InChI=1S/C13H14Cl2O2/c1-2-3-9-17-12(16)8-7-10-5-4-6-11(14)13(10)15/h4-8H,2-3,9H2,1H3/b8-7+. The first-order chi connectivity index (χ1) is 8.15. The Kier molecular flexibility index (Phi) is 6.09. The summed E-state index contributed by atoms with van der Waals surface area (Å²) in [7, 11) is 0. The minimum Gasteiger partial charge on any atom is -0.463 e. The molecule has 0 aliphatic rings. The monoisotopic (exact) mass is 272 g/mol. The Hall–Kier alpha value is -0.990. The molecule has 0 atom stereocenters. The molecule has 0 N–H and O–H groups in total. The third-order valence-corrected chi connectivity index (χ3v) is 2.96. The highest BCUT2D eigenvalue weighted by atomic mass is 35.5. The lowest BCUT2D eigenvalue weighted by Crippen LogP contribution is -2.01. The minimum atomic E-state index is -0.366. The van der Waals surface area contributed by atoms with Crippen molar-refractivity contribution in [1.82, 2.24) is 0 Å². The topological polar surface area (TPSA) is 26.3 Å². The molecule has 0 fully saturated rings. The normalized spacial score (nSPS) is 10.8. The van der Waals surface area contributed by atoms with Gasteiger partial charge in [0.1, 0.15) is 0 Å². The smallest absolute Gasteiger partial charge is 0.330 e. The van der Waals surface area contributed by atoms with Crippen molar-refractivity contribution in [3.05, 3.63) is 39.9 Å². The zero-order chi connectivity index (χ0) is 12.7. The van der Waals surface area contributed by atoms with E-state index in [9.17, 15) is 4.79 Å². The molecule has 0 unspecified atom stereocenters. The molecule has 0 heterocycles. The van der Waals surface area contributed by atoms with Crippen molar-refractivity contribution in [3.63, 3.8) is 0 Å². The summed E-state index contributed by atoms with van der Waals surface area (Å²) in [5.41, 5.74) is 0.701. The van der Waals surface area contributed by atoms with Gasteiger partial charge in [0.05, 0.1) is 16.7 Å². The average molecular weight is 273 g/mol. The number of ether oxygens (including phenoxy) is 1. The van der Waals surface area contributed by atoms with E-state index in [0.717, 1.165) is 12.8 Å². The van der Waals surface area contributed by atoms with E-state index < -0.39 is 0 Å². The number of unbranched alkanes of at least 4 members (excludes halogenated alkanes) is 1. The van der Waals surface area contributed by atoms with Crippen molar-refractivity contribution < 1.29 is 9.53 Å². The fourth-order valence-corrected chi connectivity index (χ4v) is 1.54. The molecule has 1 aromatic carbocycles. The molecule has 0 spiro atoms. The highest BCUT2D eigenvalue weighted by molar-refractivity contribution is 6.42. The maximum Gasteiger partial charge on any atom is 0.330 e. The van der Waals surface area contributed by atoms with Crippen molar-refractivity contribution in [2.24, 2.45) is 0 Å². The lowest BCUT2D eigenvalue weighted by Gasteiger charge is -2.01. The predicted octanol–water partition coefficient (Wildman–Crippen LogP) is 4.35. The molecule has 0 aliphatic heterocycles. The van der Waals surface area contributed by atoms with Crippen LogP contribution in [0.1, 0.15) is 25.3 Å². The second-order valence-corrected chi connectivity index (χ2v) is 4.28. The fraction of sp³-hybridized carbons (Fsp3) is 0.308. The molecule has 17 heavy (non-hydrogen) atoms. The summed E-state index contributed by atoms with van der Waals surface area (Å²) in [4.78, 5) is 11.3. The van der Waals surface area contributed by atoms with E-state index in [1.165, 1.54) is 6.08 Å². The largest absolute Gasteiger partial charge is 0.463 e. The van der Waals surface area contributed by atoms with Gasteiger partial charge in [0, 0.05) is 6.08 Å². The number of halogens is 2. The Bertz CT molecular complexity index is 414. The Labute approximate surface area is 111 Å². The highest BCUT2D eigenvalue weighted by Gasteiger charge is 2.02. The number of carbonyl (C=O) groups is 1.